The van der Waals surface area contributed by atoms with Gasteiger partial charge < -0.3 is 15.0 Å². The number of rotatable bonds is 4. The van der Waals surface area contributed by atoms with Crippen LogP contribution in [0, 0.1) is 5.92 Å². The minimum atomic E-state index is -0.0497. The van der Waals surface area contributed by atoms with Gasteiger partial charge in [-0.1, -0.05) is 19.8 Å². The number of ether oxygens (including phenoxy) is 1. The van der Waals surface area contributed by atoms with Gasteiger partial charge in [-0.3, -0.25) is 4.79 Å². The number of likely N-dealkylation sites (tertiary alicyclic amines) is 1. The van der Waals surface area contributed by atoms with Crippen LogP contribution in [0.3, 0.4) is 0 Å². The molecule has 2 aliphatic rings. The van der Waals surface area contributed by atoms with Gasteiger partial charge in [-0.05, 0) is 25.8 Å². The highest BCUT2D eigenvalue weighted by Gasteiger charge is 2.32. The number of carbonyl (C=O) groups is 1. The number of likely N-dealkylation sites (N-methyl/N-ethyl adjacent to an activating group) is 1. The number of hydrogen-bond donors (Lipinski definition) is 1. The van der Waals surface area contributed by atoms with Gasteiger partial charge in [0.1, 0.15) is 0 Å². The molecule has 4 nitrogen and oxygen atoms in total. The van der Waals surface area contributed by atoms with Crippen molar-refractivity contribution in [3.8, 4) is 0 Å². The second-order valence-electron chi connectivity index (χ2n) is 5.65. The third-order valence-electron chi connectivity index (χ3n) is 4.33. The Balaban J connectivity index is 1.90. The molecule has 0 spiro atoms. The number of piperidine rings is 1. The number of hydrogen-bond acceptors (Lipinski definition) is 4. The Hall–Kier alpha value is -0.610. The highest BCUT2D eigenvalue weighted by molar-refractivity contribution is 5.72. The van der Waals surface area contributed by atoms with E-state index in [1.54, 1.807) is 0 Å². The van der Waals surface area contributed by atoms with E-state index in [0.29, 0.717) is 12.1 Å². The minimum absolute atomic E-state index is 0.0441. The van der Waals surface area contributed by atoms with E-state index >= 15 is 0 Å². The first-order valence-corrected chi connectivity index (χ1v) is 7.29. The van der Waals surface area contributed by atoms with E-state index in [9.17, 15) is 4.79 Å². The number of esters is 1. The summed E-state index contributed by atoms with van der Waals surface area (Å²) in [5.74, 6) is -0.00558. The Bertz CT molecular complexity index is 277. The summed E-state index contributed by atoms with van der Waals surface area (Å²) < 4.78 is 4.91. The van der Waals surface area contributed by atoms with E-state index in [2.05, 4.69) is 17.1 Å². The van der Waals surface area contributed by atoms with E-state index in [1.807, 2.05) is 0 Å². The van der Waals surface area contributed by atoms with Gasteiger partial charge >= 0.3 is 5.97 Å². The van der Waals surface area contributed by atoms with E-state index in [-0.39, 0.29) is 11.9 Å². The third kappa shape index (κ3) is 3.45. The molecule has 2 unspecified atom stereocenters. The van der Waals surface area contributed by atoms with Crippen molar-refractivity contribution in [3.05, 3.63) is 0 Å². The standard InChI is InChI=1S/C14H26N2O2/c1-3-16-9-11(14(17)18-2)8-13(10-16)15-12-6-4-5-7-12/h11-13,15H,3-10H2,1-2H3. The van der Waals surface area contributed by atoms with E-state index < -0.39 is 0 Å². The lowest BCUT2D eigenvalue weighted by molar-refractivity contribution is -0.147. The average molecular weight is 254 g/mol. The summed E-state index contributed by atoms with van der Waals surface area (Å²) in [5.41, 5.74) is 0. The number of nitrogens with one attached hydrogen (secondary N) is 1. The van der Waals surface area contributed by atoms with E-state index in [4.69, 9.17) is 4.74 Å². The molecule has 1 saturated carbocycles. The molecule has 0 radical (unpaired) electrons. The van der Waals surface area contributed by atoms with Crippen LogP contribution in [-0.2, 0) is 9.53 Å². The normalized spacial score (nSPS) is 30.6. The summed E-state index contributed by atoms with van der Waals surface area (Å²) in [6.45, 7) is 5.09. The zero-order valence-corrected chi connectivity index (χ0v) is 11.7. The highest BCUT2D eigenvalue weighted by atomic mass is 16.5. The van der Waals surface area contributed by atoms with Crippen LogP contribution < -0.4 is 5.32 Å². The summed E-state index contributed by atoms with van der Waals surface area (Å²) in [4.78, 5) is 14.1. The Morgan fingerprint density at radius 2 is 2.00 bits per heavy atom. The summed E-state index contributed by atoms with van der Waals surface area (Å²) >= 11 is 0. The van der Waals surface area contributed by atoms with Gasteiger partial charge in [0.15, 0.2) is 0 Å². The van der Waals surface area contributed by atoms with Crippen molar-refractivity contribution in [2.45, 2.75) is 51.1 Å². The molecule has 2 rings (SSSR count). The fraction of sp³-hybridized carbons (Fsp3) is 0.929. The predicted octanol–water partition coefficient (Wildman–Crippen LogP) is 1.40. The first kappa shape index (κ1) is 13.8. The van der Waals surface area contributed by atoms with Crippen molar-refractivity contribution in [2.75, 3.05) is 26.7 Å². The number of nitrogens with zero attached hydrogens (tertiary/aromatic N) is 1. The van der Waals surface area contributed by atoms with Gasteiger partial charge in [0, 0.05) is 25.2 Å². The third-order valence-corrected chi connectivity index (χ3v) is 4.33. The number of methoxy groups -OCH3 is 1. The van der Waals surface area contributed by atoms with E-state index in [0.717, 1.165) is 26.1 Å². The molecule has 2 fully saturated rings. The Kier molecular flexibility index (Phi) is 5.01. The molecule has 0 aromatic carbocycles. The first-order chi connectivity index (χ1) is 8.72. The van der Waals surface area contributed by atoms with Crippen molar-refractivity contribution >= 4 is 5.97 Å². The summed E-state index contributed by atoms with van der Waals surface area (Å²) in [6.07, 6.45) is 6.22. The summed E-state index contributed by atoms with van der Waals surface area (Å²) in [5, 5.41) is 3.74. The van der Waals surface area contributed by atoms with Gasteiger partial charge in [-0.2, -0.15) is 0 Å². The second kappa shape index (κ2) is 6.53. The van der Waals surface area contributed by atoms with Crippen LogP contribution in [0.5, 0.6) is 0 Å². The monoisotopic (exact) mass is 254 g/mol. The largest absolute Gasteiger partial charge is 0.469 e. The number of carbonyl (C=O) groups excluding carboxylic acids is 1. The Morgan fingerprint density at radius 3 is 2.61 bits per heavy atom. The Morgan fingerprint density at radius 1 is 1.28 bits per heavy atom. The second-order valence-corrected chi connectivity index (χ2v) is 5.65. The lowest BCUT2D eigenvalue weighted by atomic mass is 9.93. The van der Waals surface area contributed by atoms with Gasteiger partial charge in [0.2, 0.25) is 0 Å². The molecular formula is C14H26N2O2. The van der Waals surface area contributed by atoms with Crippen LogP contribution in [0.2, 0.25) is 0 Å². The molecule has 2 atom stereocenters. The lowest BCUT2D eigenvalue weighted by Crippen LogP contribution is -2.52. The van der Waals surface area contributed by atoms with Crippen LogP contribution in [0.1, 0.15) is 39.0 Å². The van der Waals surface area contributed by atoms with E-state index in [1.165, 1.54) is 32.8 Å². The fourth-order valence-electron chi connectivity index (χ4n) is 3.33. The molecule has 18 heavy (non-hydrogen) atoms. The molecule has 1 aliphatic carbocycles. The van der Waals surface area contributed by atoms with Crippen molar-refractivity contribution in [1.82, 2.24) is 10.2 Å². The molecule has 1 heterocycles. The van der Waals surface area contributed by atoms with Crippen LogP contribution in [0.4, 0.5) is 0 Å². The highest BCUT2D eigenvalue weighted by Crippen LogP contribution is 2.22. The zero-order chi connectivity index (χ0) is 13.0. The van der Waals surface area contributed by atoms with Crippen molar-refractivity contribution in [2.24, 2.45) is 5.92 Å². The SMILES string of the molecule is CCN1CC(NC2CCCC2)CC(C(=O)OC)C1. The molecule has 0 aromatic rings. The quantitative estimate of drug-likeness (QED) is 0.770. The predicted molar refractivity (Wildman–Crippen MR) is 71.4 cm³/mol. The maximum absolute atomic E-state index is 11.7. The molecule has 1 saturated heterocycles. The molecule has 1 N–H and O–H groups in total. The van der Waals surface area contributed by atoms with Crippen LogP contribution in [-0.4, -0.2) is 49.7 Å². The maximum atomic E-state index is 11.7. The molecule has 0 amide bonds. The molecular weight excluding hydrogens is 228 g/mol. The van der Waals surface area contributed by atoms with Gasteiger partial charge in [-0.25, -0.2) is 0 Å². The van der Waals surface area contributed by atoms with Crippen LogP contribution in [0.25, 0.3) is 0 Å². The average Bonchev–Trinajstić information content (AvgIpc) is 2.90. The lowest BCUT2D eigenvalue weighted by Gasteiger charge is -2.37. The van der Waals surface area contributed by atoms with Crippen LogP contribution >= 0.6 is 0 Å². The van der Waals surface area contributed by atoms with Gasteiger partial charge in [0.05, 0.1) is 13.0 Å². The Labute approximate surface area is 110 Å². The van der Waals surface area contributed by atoms with Crippen molar-refractivity contribution < 1.29 is 9.53 Å². The fourth-order valence-corrected chi connectivity index (χ4v) is 3.33. The maximum Gasteiger partial charge on any atom is 0.310 e. The van der Waals surface area contributed by atoms with Crippen molar-refractivity contribution in [1.29, 1.82) is 0 Å². The molecule has 104 valence electrons. The van der Waals surface area contributed by atoms with Crippen molar-refractivity contribution in [3.63, 3.8) is 0 Å². The first-order valence-electron chi connectivity index (χ1n) is 7.29. The van der Waals surface area contributed by atoms with Crippen LogP contribution in [0.15, 0.2) is 0 Å². The summed E-state index contributed by atoms with van der Waals surface area (Å²) in [7, 11) is 1.49. The summed E-state index contributed by atoms with van der Waals surface area (Å²) in [6, 6.07) is 1.12. The smallest absolute Gasteiger partial charge is 0.310 e. The molecule has 1 aliphatic heterocycles. The van der Waals surface area contributed by atoms with Gasteiger partial charge in [-0.15, -0.1) is 0 Å². The molecule has 0 aromatic heterocycles. The zero-order valence-electron chi connectivity index (χ0n) is 11.7. The topological polar surface area (TPSA) is 41.6 Å². The molecule has 0 bridgehead atoms. The van der Waals surface area contributed by atoms with Gasteiger partial charge in [0.25, 0.3) is 0 Å². The molecule has 4 heteroatoms. The minimum Gasteiger partial charge on any atom is -0.469 e.